The van der Waals surface area contributed by atoms with E-state index in [4.69, 9.17) is 4.74 Å². The van der Waals surface area contributed by atoms with E-state index in [2.05, 4.69) is 18.3 Å². The van der Waals surface area contributed by atoms with Gasteiger partial charge in [-0.25, -0.2) is 0 Å². The van der Waals surface area contributed by atoms with Crippen molar-refractivity contribution in [2.24, 2.45) is 0 Å². The van der Waals surface area contributed by atoms with Gasteiger partial charge in [0.2, 0.25) is 0 Å². The lowest BCUT2D eigenvalue weighted by Crippen LogP contribution is -2.18. The van der Waals surface area contributed by atoms with Gasteiger partial charge in [-0.2, -0.15) is 0 Å². The van der Waals surface area contributed by atoms with E-state index in [9.17, 15) is 0 Å². The molecule has 2 heteroatoms. The highest BCUT2D eigenvalue weighted by molar-refractivity contribution is 5.13. The molecule has 1 heterocycles. The molecule has 0 fully saturated rings. The van der Waals surface area contributed by atoms with E-state index in [1.807, 2.05) is 6.08 Å². The summed E-state index contributed by atoms with van der Waals surface area (Å²) in [6.45, 7) is 3.94. The van der Waals surface area contributed by atoms with Gasteiger partial charge in [-0.1, -0.05) is 13.3 Å². The highest BCUT2D eigenvalue weighted by Gasteiger charge is 1.96. The summed E-state index contributed by atoms with van der Waals surface area (Å²) >= 11 is 0. The summed E-state index contributed by atoms with van der Waals surface area (Å²) in [6, 6.07) is 0. The Morgan fingerprint density at radius 3 is 3.18 bits per heavy atom. The minimum absolute atomic E-state index is 0.695. The van der Waals surface area contributed by atoms with Gasteiger partial charge in [0.15, 0.2) is 0 Å². The Balaban J connectivity index is 2.15. The number of rotatable bonds is 4. The van der Waals surface area contributed by atoms with Crippen LogP contribution in [0.15, 0.2) is 24.1 Å². The predicted molar refractivity (Wildman–Crippen MR) is 46.1 cm³/mol. The Hall–Kier alpha value is -0.920. The molecule has 0 aromatic rings. The van der Waals surface area contributed by atoms with Crippen molar-refractivity contribution in [3.8, 4) is 0 Å². The lowest BCUT2D eigenvalue weighted by Gasteiger charge is -2.11. The summed E-state index contributed by atoms with van der Waals surface area (Å²) < 4.78 is 5.10. The fourth-order valence-corrected chi connectivity index (χ4v) is 0.933. The summed E-state index contributed by atoms with van der Waals surface area (Å²) in [6.07, 6.45) is 8.14. The second kappa shape index (κ2) is 4.83. The molecule has 0 aromatic heterocycles. The SMILES string of the molecule is CCCCNC1=CC=COC1. The van der Waals surface area contributed by atoms with E-state index in [1.54, 1.807) is 6.26 Å². The van der Waals surface area contributed by atoms with Crippen LogP contribution in [0, 0.1) is 0 Å². The van der Waals surface area contributed by atoms with Crippen molar-refractivity contribution in [2.45, 2.75) is 19.8 Å². The molecule has 0 unspecified atom stereocenters. The first-order chi connectivity index (χ1) is 5.43. The zero-order valence-electron chi connectivity index (χ0n) is 6.97. The zero-order valence-corrected chi connectivity index (χ0v) is 6.97. The smallest absolute Gasteiger partial charge is 0.127 e. The predicted octanol–water partition coefficient (Wildman–Crippen LogP) is 1.80. The van der Waals surface area contributed by atoms with Crippen LogP contribution >= 0.6 is 0 Å². The Morgan fingerprint density at radius 2 is 2.55 bits per heavy atom. The van der Waals surface area contributed by atoms with E-state index in [0.29, 0.717) is 6.61 Å². The first-order valence-corrected chi connectivity index (χ1v) is 4.14. The topological polar surface area (TPSA) is 21.3 Å². The van der Waals surface area contributed by atoms with Gasteiger partial charge in [0.1, 0.15) is 6.61 Å². The van der Waals surface area contributed by atoms with Crippen LogP contribution in [0.2, 0.25) is 0 Å². The van der Waals surface area contributed by atoms with Crippen LogP contribution < -0.4 is 5.32 Å². The molecule has 11 heavy (non-hydrogen) atoms. The molecular weight excluding hydrogens is 138 g/mol. The van der Waals surface area contributed by atoms with E-state index in [1.165, 1.54) is 18.5 Å². The molecule has 0 radical (unpaired) electrons. The molecule has 2 nitrogen and oxygen atoms in total. The van der Waals surface area contributed by atoms with Crippen LogP contribution in [0.5, 0.6) is 0 Å². The molecule has 1 N–H and O–H groups in total. The van der Waals surface area contributed by atoms with Crippen molar-refractivity contribution in [2.75, 3.05) is 13.2 Å². The van der Waals surface area contributed by atoms with Crippen LogP contribution in [-0.4, -0.2) is 13.2 Å². The number of nitrogens with one attached hydrogen (secondary N) is 1. The molecule has 0 spiro atoms. The van der Waals surface area contributed by atoms with Crippen LogP contribution in [0.1, 0.15) is 19.8 Å². The van der Waals surface area contributed by atoms with Crippen molar-refractivity contribution < 1.29 is 4.74 Å². The fourth-order valence-electron chi connectivity index (χ4n) is 0.933. The van der Waals surface area contributed by atoms with Gasteiger partial charge in [-0.05, 0) is 18.6 Å². The average Bonchev–Trinajstić information content (AvgIpc) is 2.07. The largest absolute Gasteiger partial charge is 0.495 e. The van der Waals surface area contributed by atoms with Gasteiger partial charge in [-0.15, -0.1) is 0 Å². The average molecular weight is 153 g/mol. The maximum atomic E-state index is 5.10. The number of hydrogen-bond donors (Lipinski definition) is 1. The summed E-state index contributed by atoms with van der Waals surface area (Å²) in [5, 5.41) is 3.31. The van der Waals surface area contributed by atoms with Crippen molar-refractivity contribution >= 4 is 0 Å². The van der Waals surface area contributed by atoms with Crippen LogP contribution in [0.4, 0.5) is 0 Å². The molecule has 62 valence electrons. The molecular formula is C9H15NO. The number of unbranched alkanes of at least 4 members (excludes halogenated alkanes) is 1. The molecule has 0 saturated carbocycles. The lowest BCUT2D eigenvalue weighted by atomic mass is 10.3. The molecule has 0 amide bonds. The number of hydrogen-bond acceptors (Lipinski definition) is 2. The Kier molecular flexibility index (Phi) is 3.59. The lowest BCUT2D eigenvalue weighted by molar-refractivity contribution is 0.268. The van der Waals surface area contributed by atoms with Crippen molar-refractivity contribution in [3.63, 3.8) is 0 Å². The standard InChI is InChI=1S/C9H15NO/c1-2-3-6-10-9-5-4-7-11-8-9/h4-5,7,10H,2-3,6,8H2,1H3. The Bertz CT molecular complexity index is 161. The molecule has 0 aromatic carbocycles. The van der Waals surface area contributed by atoms with Crippen LogP contribution in [0.3, 0.4) is 0 Å². The minimum Gasteiger partial charge on any atom is -0.495 e. The Morgan fingerprint density at radius 1 is 1.64 bits per heavy atom. The molecule has 0 bridgehead atoms. The molecule has 1 rings (SSSR count). The van der Waals surface area contributed by atoms with Gasteiger partial charge in [0, 0.05) is 12.2 Å². The highest BCUT2D eigenvalue weighted by Crippen LogP contribution is 1.99. The zero-order chi connectivity index (χ0) is 7.94. The normalized spacial score (nSPS) is 15.5. The second-order valence-corrected chi connectivity index (χ2v) is 2.61. The third-order valence-corrected chi connectivity index (χ3v) is 1.59. The second-order valence-electron chi connectivity index (χ2n) is 2.61. The molecule has 1 aliphatic rings. The fraction of sp³-hybridized carbons (Fsp3) is 0.556. The summed E-state index contributed by atoms with van der Waals surface area (Å²) in [5.41, 5.74) is 1.18. The van der Waals surface area contributed by atoms with Gasteiger partial charge < -0.3 is 10.1 Å². The van der Waals surface area contributed by atoms with E-state index in [0.717, 1.165) is 6.54 Å². The van der Waals surface area contributed by atoms with E-state index < -0.39 is 0 Å². The molecule has 1 aliphatic heterocycles. The van der Waals surface area contributed by atoms with Crippen LogP contribution in [0.25, 0.3) is 0 Å². The molecule has 0 aliphatic carbocycles. The summed E-state index contributed by atoms with van der Waals surface area (Å²) in [4.78, 5) is 0. The van der Waals surface area contributed by atoms with Crippen LogP contribution in [-0.2, 0) is 4.74 Å². The summed E-state index contributed by atoms with van der Waals surface area (Å²) in [7, 11) is 0. The van der Waals surface area contributed by atoms with E-state index in [-0.39, 0.29) is 0 Å². The van der Waals surface area contributed by atoms with Crippen molar-refractivity contribution in [1.82, 2.24) is 5.32 Å². The number of ether oxygens (including phenoxy) is 1. The quantitative estimate of drug-likeness (QED) is 0.622. The van der Waals surface area contributed by atoms with E-state index >= 15 is 0 Å². The van der Waals surface area contributed by atoms with Gasteiger partial charge in [0.05, 0.1) is 6.26 Å². The first kappa shape index (κ1) is 8.18. The third-order valence-electron chi connectivity index (χ3n) is 1.59. The maximum Gasteiger partial charge on any atom is 0.127 e. The van der Waals surface area contributed by atoms with Crippen molar-refractivity contribution in [1.29, 1.82) is 0 Å². The molecule has 0 saturated heterocycles. The maximum absolute atomic E-state index is 5.10. The Labute approximate surface area is 67.9 Å². The monoisotopic (exact) mass is 153 g/mol. The number of allylic oxidation sites excluding steroid dienone is 2. The van der Waals surface area contributed by atoms with Gasteiger partial charge >= 0.3 is 0 Å². The van der Waals surface area contributed by atoms with Gasteiger partial charge in [0.25, 0.3) is 0 Å². The third kappa shape index (κ3) is 3.12. The van der Waals surface area contributed by atoms with Crippen molar-refractivity contribution in [3.05, 3.63) is 24.1 Å². The minimum atomic E-state index is 0.695. The highest BCUT2D eigenvalue weighted by atomic mass is 16.5. The first-order valence-electron chi connectivity index (χ1n) is 4.14. The summed E-state index contributed by atoms with van der Waals surface area (Å²) in [5.74, 6) is 0. The van der Waals surface area contributed by atoms with Gasteiger partial charge in [-0.3, -0.25) is 0 Å². The molecule has 0 atom stereocenters.